The van der Waals surface area contributed by atoms with Crippen LogP contribution in [0.4, 0.5) is 21.5 Å². The molecule has 27 heavy (non-hydrogen) atoms. The first-order valence-electron chi connectivity index (χ1n) is 8.07. The van der Waals surface area contributed by atoms with Crippen LogP contribution in [0.2, 0.25) is 0 Å². The van der Waals surface area contributed by atoms with Crippen LogP contribution in [0.1, 0.15) is 18.4 Å². The van der Waals surface area contributed by atoms with Crippen molar-refractivity contribution in [3.63, 3.8) is 0 Å². The van der Waals surface area contributed by atoms with Gasteiger partial charge in [0.15, 0.2) is 0 Å². The SMILES string of the molecule is Cc1cccc(N2N=C(C(=O)Nc3cc([N+](=O)[O-])ccc3F)CCC2=O)c1. The first-order valence-corrected chi connectivity index (χ1v) is 8.07. The van der Waals surface area contributed by atoms with E-state index >= 15 is 0 Å². The van der Waals surface area contributed by atoms with Crippen LogP contribution < -0.4 is 10.3 Å². The molecule has 9 heteroatoms. The Labute approximate surface area is 153 Å². The number of halogens is 1. The number of nitrogens with one attached hydrogen (secondary N) is 1. The minimum Gasteiger partial charge on any atom is -0.318 e. The molecule has 1 heterocycles. The first-order chi connectivity index (χ1) is 12.8. The summed E-state index contributed by atoms with van der Waals surface area (Å²) < 4.78 is 13.9. The number of carbonyl (C=O) groups excluding carboxylic acids is 2. The van der Waals surface area contributed by atoms with Crippen LogP contribution in [0.25, 0.3) is 0 Å². The fraction of sp³-hybridized carbons (Fsp3) is 0.167. The normalized spacial score (nSPS) is 13.9. The molecule has 0 unspecified atom stereocenters. The van der Waals surface area contributed by atoms with E-state index in [2.05, 4.69) is 10.4 Å². The molecule has 0 saturated heterocycles. The number of non-ortho nitro benzene ring substituents is 1. The van der Waals surface area contributed by atoms with Gasteiger partial charge in [-0.25, -0.2) is 9.40 Å². The van der Waals surface area contributed by atoms with Crippen molar-refractivity contribution in [1.82, 2.24) is 0 Å². The Morgan fingerprint density at radius 2 is 2.04 bits per heavy atom. The Hall–Kier alpha value is -3.62. The highest BCUT2D eigenvalue weighted by Gasteiger charge is 2.26. The van der Waals surface area contributed by atoms with E-state index in [1.54, 1.807) is 18.2 Å². The van der Waals surface area contributed by atoms with Crippen LogP contribution >= 0.6 is 0 Å². The van der Waals surface area contributed by atoms with Crippen molar-refractivity contribution in [1.29, 1.82) is 0 Å². The van der Waals surface area contributed by atoms with Gasteiger partial charge in [-0.05, 0) is 30.7 Å². The van der Waals surface area contributed by atoms with Crippen molar-refractivity contribution in [2.24, 2.45) is 5.10 Å². The van der Waals surface area contributed by atoms with E-state index in [9.17, 15) is 24.1 Å². The van der Waals surface area contributed by atoms with Gasteiger partial charge in [-0.2, -0.15) is 5.10 Å². The lowest BCUT2D eigenvalue weighted by Crippen LogP contribution is -2.36. The number of anilines is 2. The molecule has 0 aromatic heterocycles. The molecule has 138 valence electrons. The molecule has 0 fully saturated rings. The van der Waals surface area contributed by atoms with Gasteiger partial charge in [-0.15, -0.1) is 0 Å². The number of nitro benzene ring substituents is 1. The topological polar surface area (TPSA) is 105 Å². The number of carbonyl (C=O) groups is 2. The van der Waals surface area contributed by atoms with Gasteiger partial charge in [0.2, 0.25) is 5.91 Å². The quantitative estimate of drug-likeness (QED) is 0.659. The zero-order chi connectivity index (χ0) is 19.6. The van der Waals surface area contributed by atoms with Crippen molar-refractivity contribution < 1.29 is 18.9 Å². The van der Waals surface area contributed by atoms with Crippen LogP contribution in [0.15, 0.2) is 47.6 Å². The van der Waals surface area contributed by atoms with Gasteiger partial charge in [0.05, 0.1) is 16.3 Å². The maximum absolute atomic E-state index is 13.9. The number of hydrazone groups is 1. The van der Waals surface area contributed by atoms with Gasteiger partial charge >= 0.3 is 0 Å². The summed E-state index contributed by atoms with van der Waals surface area (Å²) in [5.74, 6) is -1.80. The lowest BCUT2D eigenvalue weighted by atomic mass is 10.1. The number of rotatable bonds is 4. The van der Waals surface area contributed by atoms with E-state index in [-0.39, 0.29) is 35.8 Å². The van der Waals surface area contributed by atoms with Crippen molar-refractivity contribution >= 4 is 34.6 Å². The maximum atomic E-state index is 13.9. The Bertz CT molecular complexity index is 974. The molecule has 0 atom stereocenters. The molecule has 2 aromatic rings. The number of nitrogens with zero attached hydrogens (tertiary/aromatic N) is 3. The average Bonchev–Trinajstić information content (AvgIpc) is 2.63. The molecule has 3 rings (SSSR count). The number of hydrogen-bond donors (Lipinski definition) is 1. The summed E-state index contributed by atoms with van der Waals surface area (Å²) in [5.41, 5.74) is 0.795. The number of amides is 2. The molecule has 0 radical (unpaired) electrons. The number of aryl methyl sites for hydroxylation is 1. The minimum absolute atomic E-state index is 0.0296. The van der Waals surface area contributed by atoms with Gasteiger partial charge in [0.25, 0.3) is 11.6 Å². The highest BCUT2D eigenvalue weighted by molar-refractivity contribution is 6.44. The number of benzene rings is 2. The van der Waals surface area contributed by atoms with Gasteiger partial charge in [0.1, 0.15) is 11.5 Å². The molecule has 2 amide bonds. The fourth-order valence-corrected chi connectivity index (χ4v) is 2.60. The zero-order valence-electron chi connectivity index (χ0n) is 14.3. The Morgan fingerprint density at radius 3 is 2.74 bits per heavy atom. The second-order valence-corrected chi connectivity index (χ2v) is 5.97. The summed E-state index contributed by atoms with van der Waals surface area (Å²) in [4.78, 5) is 34.7. The number of hydrogen-bond acceptors (Lipinski definition) is 5. The van der Waals surface area contributed by atoms with E-state index in [1.165, 1.54) is 0 Å². The van der Waals surface area contributed by atoms with E-state index in [1.807, 2.05) is 13.0 Å². The molecule has 0 spiro atoms. The van der Waals surface area contributed by atoms with Crippen molar-refractivity contribution in [2.75, 3.05) is 10.3 Å². The van der Waals surface area contributed by atoms with Crippen LogP contribution in [0.3, 0.4) is 0 Å². The molecule has 1 aliphatic heterocycles. The molecular weight excluding hydrogens is 355 g/mol. The van der Waals surface area contributed by atoms with Gasteiger partial charge in [-0.3, -0.25) is 19.7 Å². The van der Waals surface area contributed by atoms with Crippen LogP contribution in [-0.2, 0) is 9.59 Å². The third kappa shape index (κ3) is 3.97. The maximum Gasteiger partial charge on any atom is 0.271 e. The Morgan fingerprint density at radius 1 is 1.26 bits per heavy atom. The summed E-state index contributed by atoms with van der Waals surface area (Å²) in [7, 11) is 0. The molecule has 2 aromatic carbocycles. The van der Waals surface area contributed by atoms with Crippen LogP contribution in [0.5, 0.6) is 0 Å². The molecule has 1 aliphatic rings. The molecule has 0 aliphatic carbocycles. The van der Waals surface area contributed by atoms with E-state index in [0.29, 0.717) is 5.69 Å². The predicted octanol–water partition coefficient (Wildman–Crippen LogP) is 3.16. The van der Waals surface area contributed by atoms with E-state index in [0.717, 1.165) is 28.8 Å². The molecule has 1 N–H and O–H groups in total. The zero-order valence-corrected chi connectivity index (χ0v) is 14.3. The standard InChI is InChI=1S/C18H15FN4O4/c1-11-3-2-4-12(9-11)22-17(24)8-7-15(21-22)18(25)20-16-10-13(23(26)27)5-6-14(16)19/h2-6,9-10H,7-8H2,1H3,(H,20,25). The minimum atomic E-state index is -0.808. The van der Waals surface area contributed by atoms with E-state index < -0.39 is 16.6 Å². The summed E-state index contributed by atoms with van der Waals surface area (Å²) in [5, 5.41) is 18.3. The third-order valence-electron chi connectivity index (χ3n) is 3.95. The summed E-state index contributed by atoms with van der Waals surface area (Å²) >= 11 is 0. The number of nitro groups is 1. The van der Waals surface area contributed by atoms with Crippen molar-refractivity contribution in [3.05, 3.63) is 64.0 Å². The average molecular weight is 370 g/mol. The highest BCUT2D eigenvalue weighted by atomic mass is 19.1. The molecule has 8 nitrogen and oxygen atoms in total. The lowest BCUT2D eigenvalue weighted by Gasteiger charge is -2.23. The lowest BCUT2D eigenvalue weighted by molar-refractivity contribution is -0.384. The van der Waals surface area contributed by atoms with Gasteiger partial charge < -0.3 is 5.32 Å². The van der Waals surface area contributed by atoms with Gasteiger partial charge in [0, 0.05) is 25.0 Å². The predicted molar refractivity (Wildman–Crippen MR) is 97.0 cm³/mol. The largest absolute Gasteiger partial charge is 0.318 e. The van der Waals surface area contributed by atoms with Crippen LogP contribution in [-0.4, -0.2) is 22.4 Å². The fourth-order valence-electron chi connectivity index (χ4n) is 2.60. The third-order valence-corrected chi connectivity index (χ3v) is 3.95. The smallest absolute Gasteiger partial charge is 0.271 e. The summed E-state index contributed by atoms with van der Waals surface area (Å²) in [6.45, 7) is 1.86. The second kappa shape index (κ2) is 7.32. The second-order valence-electron chi connectivity index (χ2n) is 5.97. The van der Waals surface area contributed by atoms with Crippen LogP contribution in [0, 0.1) is 22.9 Å². The Kier molecular flexibility index (Phi) is 4.93. The summed E-state index contributed by atoms with van der Waals surface area (Å²) in [6.07, 6.45) is 0.154. The first kappa shape index (κ1) is 18.2. The van der Waals surface area contributed by atoms with Crippen molar-refractivity contribution in [2.45, 2.75) is 19.8 Å². The molecule has 0 bridgehead atoms. The Balaban J connectivity index is 1.86. The van der Waals surface area contributed by atoms with Crippen molar-refractivity contribution in [3.8, 4) is 0 Å². The molecule has 0 saturated carbocycles. The monoisotopic (exact) mass is 370 g/mol. The summed E-state index contributed by atoms with van der Waals surface area (Å²) in [6, 6.07) is 9.90. The van der Waals surface area contributed by atoms with Gasteiger partial charge in [-0.1, -0.05) is 12.1 Å². The van der Waals surface area contributed by atoms with E-state index in [4.69, 9.17) is 0 Å². The highest BCUT2D eigenvalue weighted by Crippen LogP contribution is 2.24. The molecular formula is C18H15FN4O4.